The summed E-state index contributed by atoms with van der Waals surface area (Å²) in [7, 11) is -1.79. The summed E-state index contributed by atoms with van der Waals surface area (Å²) in [5, 5.41) is 9.65. The Morgan fingerprint density at radius 1 is 1.27 bits per heavy atom. The first-order chi connectivity index (χ1) is 14.3. The number of hydrogen-bond acceptors (Lipinski definition) is 6. The molecule has 0 N–H and O–H groups in total. The first kappa shape index (κ1) is 18.8. The van der Waals surface area contributed by atoms with Crippen LogP contribution in [-0.2, 0) is 22.3 Å². The van der Waals surface area contributed by atoms with Crippen LogP contribution in [0.3, 0.4) is 0 Å². The van der Waals surface area contributed by atoms with Gasteiger partial charge in [-0.1, -0.05) is 6.92 Å². The predicted molar refractivity (Wildman–Crippen MR) is 112 cm³/mol. The summed E-state index contributed by atoms with van der Waals surface area (Å²) < 4.78 is 29.4. The molecule has 0 spiro atoms. The molecule has 0 saturated heterocycles. The Kier molecular flexibility index (Phi) is 3.83. The fourth-order valence-electron chi connectivity index (χ4n) is 3.88. The first-order valence-electron chi connectivity index (χ1n) is 9.76. The fourth-order valence-corrected chi connectivity index (χ4v) is 5.04. The van der Waals surface area contributed by atoms with Crippen LogP contribution < -0.4 is 0 Å². The Labute approximate surface area is 173 Å². The molecule has 0 aromatic carbocycles. The Balaban J connectivity index is 1.82. The maximum absolute atomic E-state index is 13.0. The molecule has 9 heteroatoms. The number of aryl methyl sites for hydroxylation is 2. The van der Waals surface area contributed by atoms with Crippen LogP contribution in [0.4, 0.5) is 0 Å². The molecule has 0 bridgehead atoms. The van der Waals surface area contributed by atoms with Gasteiger partial charge in [-0.15, -0.1) is 0 Å². The quantitative estimate of drug-likeness (QED) is 0.502. The SMILES string of the molecule is CCS(=O)(=O)c1c(-c2nc3cc(C)cnc3n2C)nc2cc(C3(C#N)CC3)ccn12. The molecule has 4 heterocycles. The highest BCUT2D eigenvalue weighted by Crippen LogP contribution is 2.47. The Morgan fingerprint density at radius 3 is 2.70 bits per heavy atom. The van der Waals surface area contributed by atoms with Gasteiger partial charge in [-0.25, -0.2) is 23.4 Å². The minimum Gasteiger partial charge on any atom is -0.310 e. The second-order valence-corrected chi connectivity index (χ2v) is 10.0. The van der Waals surface area contributed by atoms with Gasteiger partial charge in [-0.2, -0.15) is 5.26 Å². The number of rotatable bonds is 4. The number of fused-ring (bicyclic) bond motifs is 2. The monoisotopic (exact) mass is 420 g/mol. The van der Waals surface area contributed by atoms with E-state index in [0.717, 1.165) is 24.0 Å². The van der Waals surface area contributed by atoms with Crippen molar-refractivity contribution in [1.82, 2.24) is 23.9 Å². The Hall–Kier alpha value is -3.25. The van der Waals surface area contributed by atoms with Crippen molar-refractivity contribution < 1.29 is 8.42 Å². The third-order valence-electron chi connectivity index (χ3n) is 5.83. The number of nitrogens with zero attached hydrogens (tertiary/aromatic N) is 6. The van der Waals surface area contributed by atoms with Gasteiger partial charge >= 0.3 is 0 Å². The molecule has 152 valence electrons. The van der Waals surface area contributed by atoms with Gasteiger partial charge in [0, 0.05) is 19.4 Å². The molecule has 1 saturated carbocycles. The van der Waals surface area contributed by atoms with Crippen molar-refractivity contribution >= 4 is 26.6 Å². The number of aromatic nitrogens is 5. The standard InChI is InChI=1S/C21H20N6O2S/c1-4-30(28,29)20-17(19-24-15-9-13(2)11-23-18(15)26(19)3)25-16-10-14(5-8-27(16)20)21(12-22)6-7-21/h5,8-11H,4,6-7H2,1-3H3. The lowest BCUT2D eigenvalue weighted by atomic mass is 9.99. The van der Waals surface area contributed by atoms with E-state index in [4.69, 9.17) is 0 Å². The van der Waals surface area contributed by atoms with Crippen molar-refractivity contribution in [1.29, 1.82) is 5.26 Å². The van der Waals surface area contributed by atoms with Crippen LogP contribution in [0, 0.1) is 18.3 Å². The van der Waals surface area contributed by atoms with Crippen LogP contribution in [0.2, 0.25) is 0 Å². The van der Waals surface area contributed by atoms with Gasteiger partial charge in [0.25, 0.3) is 0 Å². The van der Waals surface area contributed by atoms with Crippen molar-refractivity contribution in [2.75, 3.05) is 5.75 Å². The van der Waals surface area contributed by atoms with E-state index in [2.05, 4.69) is 21.0 Å². The smallest absolute Gasteiger partial charge is 0.196 e. The molecular weight excluding hydrogens is 400 g/mol. The zero-order chi connectivity index (χ0) is 21.3. The van der Waals surface area contributed by atoms with Crippen LogP contribution in [-0.4, -0.2) is 38.1 Å². The van der Waals surface area contributed by atoms with Crippen molar-refractivity contribution in [2.24, 2.45) is 7.05 Å². The second kappa shape index (κ2) is 6.12. The van der Waals surface area contributed by atoms with E-state index in [1.165, 1.54) is 0 Å². The van der Waals surface area contributed by atoms with E-state index in [0.29, 0.717) is 28.3 Å². The molecular formula is C21H20N6O2S. The van der Waals surface area contributed by atoms with Crippen molar-refractivity contribution in [3.05, 3.63) is 41.7 Å². The molecule has 0 amide bonds. The molecule has 0 atom stereocenters. The summed E-state index contributed by atoms with van der Waals surface area (Å²) in [6.07, 6.45) is 5.07. The van der Waals surface area contributed by atoms with E-state index in [-0.39, 0.29) is 10.8 Å². The molecule has 30 heavy (non-hydrogen) atoms. The summed E-state index contributed by atoms with van der Waals surface area (Å²) in [5.74, 6) is 0.390. The molecule has 1 aliphatic carbocycles. The maximum atomic E-state index is 13.0. The van der Waals surface area contributed by atoms with E-state index in [1.807, 2.05) is 25.1 Å². The van der Waals surface area contributed by atoms with E-state index in [9.17, 15) is 13.7 Å². The number of imidazole rings is 2. The Bertz CT molecular complexity index is 1490. The Morgan fingerprint density at radius 2 is 2.03 bits per heavy atom. The molecule has 4 aromatic heterocycles. The maximum Gasteiger partial charge on any atom is 0.196 e. The summed E-state index contributed by atoms with van der Waals surface area (Å²) >= 11 is 0. The average molecular weight is 420 g/mol. The number of pyridine rings is 2. The van der Waals surface area contributed by atoms with Gasteiger partial charge in [0.1, 0.15) is 16.9 Å². The third kappa shape index (κ3) is 2.57. The van der Waals surface area contributed by atoms with Crippen molar-refractivity contribution in [2.45, 2.75) is 37.1 Å². The molecule has 0 unspecified atom stereocenters. The van der Waals surface area contributed by atoms with Crippen LogP contribution in [0.15, 0.2) is 35.6 Å². The van der Waals surface area contributed by atoms with Gasteiger partial charge in [-0.05, 0) is 49.1 Å². The molecule has 1 fully saturated rings. The van der Waals surface area contributed by atoms with Crippen molar-refractivity contribution in [3.63, 3.8) is 0 Å². The van der Waals surface area contributed by atoms with Gasteiger partial charge in [0.05, 0.1) is 17.2 Å². The molecule has 4 aromatic rings. The number of hydrogen-bond donors (Lipinski definition) is 0. The summed E-state index contributed by atoms with van der Waals surface area (Å²) in [5.41, 5.74) is 3.51. The highest BCUT2D eigenvalue weighted by molar-refractivity contribution is 7.91. The van der Waals surface area contributed by atoms with Crippen LogP contribution in [0.1, 0.15) is 30.9 Å². The number of sulfone groups is 1. The largest absolute Gasteiger partial charge is 0.310 e. The minimum atomic E-state index is -3.60. The third-order valence-corrected chi connectivity index (χ3v) is 7.57. The fraction of sp³-hybridized carbons (Fsp3) is 0.333. The highest BCUT2D eigenvalue weighted by atomic mass is 32.2. The van der Waals surface area contributed by atoms with Crippen LogP contribution in [0.25, 0.3) is 28.3 Å². The normalized spacial score (nSPS) is 15.5. The second-order valence-electron chi connectivity index (χ2n) is 7.86. The van der Waals surface area contributed by atoms with Crippen LogP contribution in [0.5, 0.6) is 0 Å². The lowest BCUT2D eigenvalue weighted by molar-refractivity contribution is 0.592. The van der Waals surface area contributed by atoms with Gasteiger partial charge < -0.3 is 4.57 Å². The molecule has 1 aliphatic rings. The highest BCUT2D eigenvalue weighted by Gasteiger charge is 2.45. The lowest BCUT2D eigenvalue weighted by Crippen LogP contribution is -2.10. The zero-order valence-electron chi connectivity index (χ0n) is 16.9. The predicted octanol–water partition coefficient (Wildman–Crippen LogP) is 2.94. The molecule has 0 aliphatic heterocycles. The van der Waals surface area contributed by atoms with E-state index in [1.54, 1.807) is 35.3 Å². The summed E-state index contributed by atoms with van der Waals surface area (Å²) in [6, 6.07) is 7.94. The van der Waals surface area contributed by atoms with Crippen molar-refractivity contribution in [3.8, 4) is 17.6 Å². The van der Waals surface area contributed by atoms with Gasteiger partial charge in [0.2, 0.25) is 0 Å². The van der Waals surface area contributed by atoms with Crippen LogP contribution >= 0.6 is 0 Å². The molecule has 5 rings (SSSR count). The van der Waals surface area contributed by atoms with E-state index < -0.39 is 15.3 Å². The lowest BCUT2D eigenvalue weighted by Gasteiger charge is -2.08. The summed E-state index contributed by atoms with van der Waals surface area (Å²) in [4.78, 5) is 13.8. The van der Waals surface area contributed by atoms with Gasteiger partial charge in [-0.3, -0.25) is 4.40 Å². The summed E-state index contributed by atoms with van der Waals surface area (Å²) in [6.45, 7) is 3.55. The minimum absolute atomic E-state index is 0.0566. The van der Waals surface area contributed by atoms with Gasteiger partial charge in [0.15, 0.2) is 26.3 Å². The topological polar surface area (TPSA) is 106 Å². The number of nitriles is 1. The first-order valence-corrected chi connectivity index (χ1v) is 11.4. The molecule has 8 nitrogen and oxygen atoms in total. The van der Waals surface area contributed by atoms with E-state index >= 15 is 0 Å². The molecule has 0 radical (unpaired) electrons. The zero-order valence-corrected chi connectivity index (χ0v) is 17.7. The average Bonchev–Trinajstić information content (AvgIpc) is 3.34.